The lowest BCUT2D eigenvalue weighted by Gasteiger charge is -2.29. The highest BCUT2D eigenvalue weighted by atomic mass is 32.2. The van der Waals surface area contributed by atoms with Crippen molar-refractivity contribution in [3.63, 3.8) is 0 Å². The lowest BCUT2D eigenvalue weighted by atomic mass is 10.0. The predicted octanol–water partition coefficient (Wildman–Crippen LogP) is 3.26. The van der Waals surface area contributed by atoms with Gasteiger partial charge in [-0.25, -0.2) is 4.39 Å². The number of pyridine rings is 1. The second kappa shape index (κ2) is 8.60. The zero-order chi connectivity index (χ0) is 23.9. The summed E-state index contributed by atoms with van der Waals surface area (Å²) in [5, 5.41) is 11.4. The lowest BCUT2D eigenvalue weighted by molar-refractivity contribution is 0.0764. The summed E-state index contributed by atoms with van der Waals surface area (Å²) in [5.41, 5.74) is 1.64. The van der Waals surface area contributed by atoms with Crippen LogP contribution >= 0.6 is 0 Å². The van der Waals surface area contributed by atoms with E-state index >= 15 is 0 Å². The molecule has 0 aliphatic carbocycles. The zero-order valence-electron chi connectivity index (χ0n) is 18.6. The first-order valence-electron chi connectivity index (χ1n) is 10.6. The molecular formula is C23H25FN4O4S. The molecule has 0 fully saturated rings. The van der Waals surface area contributed by atoms with Crippen LogP contribution in [0.2, 0.25) is 0 Å². The van der Waals surface area contributed by atoms with E-state index in [0.717, 1.165) is 4.31 Å². The molecule has 2 heterocycles. The Bertz CT molecular complexity index is 1320. The van der Waals surface area contributed by atoms with Crippen molar-refractivity contribution in [3.8, 4) is 5.75 Å². The molecule has 1 N–H and O–H groups in total. The largest absolute Gasteiger partial charge is 0.505 e. The summed E-state index contributed by atoms with van der Waals surface area (Å²) in [6, 6.07) is 9.13. The van der Waals surface area contributed by atoms with Crippen molar-refractivity contribution in [2.75, 3.05) is 24.4 Å². The van der Waals surface area contributed by atoms with Crippen LogP contribution in [0.4, 0.5) is 10.1 Å². The Morgan fingerprint density at radius 1 is 1.15 bits per heavy atom. The maximum absolute atomic E-state index is 13.3. The van der Waals surface area contributed by atoms with Crippen LogP contribution < -0.4 is 4.31 Å². The molecule has 1 amide bonds. The number of hydrogen-bond donors (Lipinski definition) is 1. The van der Waals surface area contributed by atoms with Gasteiger partial charge >= 0.3 is 10.2 Å². The number of phenols is 1. The number of amides is 1. The number of anilines is 1. The minimum atomic E-state index is -3.89. The molecule has 8 nitrogen and oxygen atoms in total. The normalized spacial score (nSPS) is 13.7. The summed E-state index contributed by atoms with van der Waals surface area (Å²) in [6.45, 7) is 4.36. The maximum Gasteiger partial charge on any atom is 0.303 e. The van der Waals surface area contributed by atoms with E-state index in [2.05, 4.69) is 4.98 Å². The number of halogens is 1. The highest BCUT2D eigenvalue weighted by Crippen LogP contribution is 2.44. The van der Waals surface area contributed by atoms with Crippen molar-refractivity contribution >= 4 is 32.7 Å². The van der Waals surface area contributed by atoms with Gasteiger partial charge in [0.15, 0.2) is 5.75 Å². The Balaban J connectivity index is 1.87. The fourth-order valence-corrected chi connectivity index (χ4v) is 5.71. The SMILES string of the molecule is CCN(CC)S(=O)(=O)N(C)c1c2c(c(O)c3ncccc13)C(=O)N(Cc1ccc(F)cc1)C2. The van der Waals surface area contributed by atoms with Crippen LogP contribution in [0.15, 0.2) is 42.6 Å². The summed E-state index contributed by atoms with van der Waals surface area (Å²) < 4.78 is 42.5. The second-order valence-corrected chi connectivity index (χ2v) is 9.76. The molecule has 0 radical (unpaired) electrons. The lowest BCUT2D eigenvalue weighted by Crippen LogP contribution is -2.42. The fraction of sp³-hybridized carbons (Fsp3) is 0.304. The average molecular weight is 473 g/mol. The van der Waals surface area contributed by atoms with Gasteiger partial charge in [-0.3, -0.25) is 14.1 Å². The molecule has 1 aliphatic heterocycles. The maximum atomic E-state index is 13.3. The minimum Gasteiger partial charge on any atom is -0.505 e. The van der Waals surface area contributed by atoms with E-state index in [9.17, 15) is 22.7 Å². The number of hydrogen-bond acceptors (Lipinski definition) is 5. The van der Waals surface area contributed by atoms with E-state index in [4.69, 9.17) is 0 Å². The molecular weight excluding hydrogens is 447 g/mol. The molecule has 33 heavy (non-hydrogen) atoms. The van der Waals surface area contributed by atoms with Crippen molar-refractivity contribution < 1.29 is 22.7 Å². The number of carbonyl (C=O) groups excluding carboxylic acids is 1. The Labute approximate surface area is 192 Å². The van der Waals surface area contributed by atoms with Gasteiger partial charge in [0, 0.05) is 50.4 Å². The number of aromatic hydroxyl groups is 1. The Hall–Kier alpha value is -3.24. The van der Waals surface area contributed by atoms with Gasteiger partial charge < -0.3 is 10.0 Å². The summed E-state index contributed by atoms with van der Waals surface area (Å²) in [5.74, 6) is -1.09. The van der Waals surface area contributed by atoms with E-state index in [1.54, 1.807) is 38.1 Å². The predicted molar refractivity (Wildman–Crippen MR) is 124 cm³/mol. The topological polar surface area (TPSA) is 94.0 Å². The first kappa shape index (κ1) is 22.9. The van der Waals surface area contributed by atoms with E-state index in [-0.39, 0.29) is 48.8 Å². The molecule has 4 rings (SSSR count). The van der Waals surface area contributed by atoms with Gasteiger partial charge in [-0.05, 0) is 29.8 Å². The summed E-state index contributed by atoms with van der Waals surface area (Å²) in [7, 11) is -2.45. The van der Waals surface area contributed by atoms with Crippen LogP contribution in [0.1, 0.15) is 35.3 Å². The fourth-order valence-electron chi connectivity index (χ4n) is 4.27. The molecule has 0 spiro atoms. The Morgan fingerprint density at radius 2 is 1.82 bits per heavy atom. The monoisotopic (exact) mass is 472 g/mol. The Kier molecular flexibility index (Phi) is 5.98. The molecule has 0 unspecified atom stereocenters. The van der Waals surface area contributed by atoms with Crippen LogP contribution in [0.25, 0.3) is 10.9 Å². The molecule has 0 bridgehead atoms. The number of carbonyl (C=O) groups is 1. The van der Waals surface area contributed by atoms with Crippen molar-refractivity contribution in [2.45, 2.75) is 26.9 Å². The standard InChI is InChI=1S/C23H25FN4O4S/c1-4-28(5-2)33(31,32)26(3)21-17-7-6-12-25-20(17)22(29)19-18(21)14-27(23(19)30)13-15-8-10-16(24)11-9-15/h6-12,29H,4-5,13-14H2,1-3H3. The van der Waals surface area contributed by atoms with Gasteiger partial charge in [0.1, 0.15) is 11.3 Å². The van der Waals surface area contributed by atoms with Crippen molar-refractivity contribution in [1.29, 1.82) is 0 Å². The summed E-state index contributed by atoms with van der Waals surface area (Å²) in [6.07, 6.45) is 1.48. The number of phenolic OH excluding ortho intramolecular Hbond substituents is 1. The van der Waals surface area contributed by atoms with Gasteiger partial charge in [0.05, 0.1) is 11.3 Å². The number of aromatic nitrogens is 1. The molecule has 3 aromatic rings. The van der Waals surface area contributed by atoms with Crippen LogP contribution in [0.3, 0.4) is 0 Å². The first-order chi connectivity index (χ1) is 15.7. The van der Waals surface area contributed by atoms with Gasteiger partial charge in [-0.2, -0.15) is 12.7 Å². The molecule has 2 aromatic carbocycles. The van der Waals surface area contributed by atoms with Crippen LogP contribution in [0, 0.1) is 5.82 Å². The third kappa shape index (κ3) is 3.79. The number of nitrogens with zero attached hydrogens (tertiary/aromatic N) is 4. The molecule has 1 aromatic heterocycles. The van der Waals surface area contributed by atoms with E-state index in [0.29, 0.717) is 22.2 Å². The van der Waals surface area contributed by atoms with Gasteiger partial charge in [-0.15, -0.1) is 0 Å². The van der Waals surface area contributed by atoms with Crippen molar-refractivity contribution in [1.82, 2.24) is 14.2 Å². The molecule has 174 valence electrons. The smallest absolute Gasteiger partial charge is 0.303 e. The van der Waals surface area contributed by atoms with Crippen molar-refractivity contribution in [2.24, 2.45) is 0 Å². The molecule has 1 aliphatic rings. The Morgan fingerprint density at radius 3 is 2.45 bits per heavy atom. The highest BCUT2D eigenvalue weighted by molar-refractivity contribution is 7.90. The number of fused-ring (bicyclic) bond motifs is 2. The van der Waals surface area contributed by atoms with Gasteiger partial charge in [-0.1, -0.05) is 26.0 Å². The van der Waals surface area contributed by atoms with Gasteiger partial charge in [0.2, 0.25) is 0 Å². The number of rotatable bonds is 7. The van der Waals surface area contributed by atoms with E-state index in [1.807, 2.05) is 0 Å². The number of benzene rings is 2. The van der Waals surface area contributed by atoms with Crippen LogP contribution in [-0.4, -0.2) is 53.8 Å². The molecule has 0 saturated carbocycles. The molecule has 0 saturated heterocycles. The summed E-state index contributed by atoms with van der Waals surface area (Å²) in [4.78, 5) is 19.0. The van der Waals surface area contributed by atoms with E-state index < -0.39 is 16.1 Å². The first-order valence-corrected chi connectivity index (χ1v) is 12.0. The minimum absolute atomic E-state index is 0.0416. The van der Waals surface area contributed by atoms with Crippen molar-refractivity contribution in [3.05, 3.63) is 65.1 Å². The highest BCUT2D eigenvalue weighted by Gasteiger charge is 2.38. The van der Waals surface area contributed by atoms with E-state index in [1.165, 1.54) is 34.6 Å². The quantitative estimate of drug-likeness (QED) is 0.570. The third-order valence-corrected chi connectivity index (χ3v) is 7.98. The molecule has 0 atom stereocenters. The second-order valence-electron chi connectivity index (χ2n) is 7.80. The van der Waals surface area contributed by atoms with Crippen LogP contribution in [-0.2, 0) is 23.3 Å². The summed E-state index contributed by atoms with van der Waals surface area (Å²) >= 11 is 0. The molecule has 10 heteroatoms. The zero-order valence-corrected chi connectivity index (χ0v) is 19.4. The van der Waals surface area contributed by atoms with Gasteiger partial charge in [0.25, 0.3) is 5.91 Å². The van der Waals surface area contributed by atoms with Crippen LogP contribution in [0.5, 0.6) is 5.75 Å². The average Bonchev–Trinajstić information content (AvgIpc) is 3.12. The third-order valence-electron chi connectivity index (χ3n) is 5.94.